The summed E-state index contributed by atoms with van der Waals surface area (Å²) in [5.74, 6) is 0.475. The van der Waals surface area contributed by atoms with Gasteiger partial charge in [-0.05, 0) is 70.2 Å². The van der Waals surface area contributed by atoms with Gasteiger partial charge in [0.15, 0.2) is 0 Å². The third-order valence-electron chi connectivity index (χ3n) is 7.44. The van der Waals surface area contributed by atoms with E-state index < -0.39 is 0 Å². The fourth-order valence-electron chi connectivity index (χ4n) is 5.09. The number of ketones is 2. The molecular formula is C38H36O2. The topological polar surface area (TPSA) is 34.1 Å². The first-order valence-electron chi connectivity index (χ1n) is 14.2. The summed E-state index contributed by atoms with van der Waals surface area (Å²) in [5.41, 5.74) is 9.19. The van der Waals surface area contributed by atoms with E-state index in [1.54, 1.807) is 0 Å². The fourth-order valence-corrected chi connectivity index (χ4v) is 5.09. The number of allylic oxidation sites excluding steroid dienone is 4. The molecule has 0 atom stereocenters. The zero-order valence-corrected chi connectivity index (χ0v) is 23.0. The molecule has 8 bridgehead atoms. The standard InChI is InChI=1S/C38H36O2/c39-37-25-33-17-9-29(10-18-33)5-1-2-6-30-11-19-34(20-12-30)26-38(40)28-36-23-15-32(16-24-36)8-4-3-7-31-13-21-35(27-37)22-14-31/h1-4,9-24H,5-8,25-28H2/b2-1+,4-3+. The van der Waals surface area contributed by atoms with Gasteiger partial charge in [0, 0.05) is 25.7 Å². The van der Waals surface area contributed by atoms with Crippen molar-refractivity contribution in [3.63, 3.8) is 0 Å². The first-order valence-corrected chi connectivity index (χ1v) is 14.2. The van der Waals surface area contributed by atoms with E-state index in [1.165, 1.54) is 22.3 Å². The minimum absolute atomic E-state index is 0.237. The largest absolute Gasteiger partial charge is 0.299 e. The molecule has 4 aromatic rings. The summed E-state index contributed by atoms with van der Waals surface area (Å²) in [4.78, 5) is 25.4. The molecule has 0 radical (unpaired) electrons. The highest BCUT2D eigenvalue weighted by atomic mass is 16.1. The number of carbonyl (C=O) groups excluding carboxylic acids is 2. The van der Waals surface area contributed by atoms with E-state index in [-0.39, 0.29) is 11.6 Å². The van der Waals surface area contributed by atoms with Crippen LogP contribution < -0.4 is 0 Å². The zero-order valence-electron chi connectivity index (χ0n) is 23.0. The van der Waals surface area contributed by atoms with Crippen molar-refractivity contribution in [1.82, 2.24) is 0 Å². The van der Waals surface area contributed by atoms with Crippen molar-refractivity contribution in [1.29, 1.82) is 0 Å². The normalized spacial score (nSPS) is 16.7. The quantitative estimate of drug-likeness (QED) is 0.225. The summed E-state index contributed by atoms with van der Waals surface area (Å²) in [7, 11) is 0. The van der Waals surface area contributed by atoms with Gasteiger partial charge < -0.3 is 0 Å². The van der Waals surface area contributed by atoms with Crippen LogP contribution in [0.25, 0.3) is 0 Å². The zero-order chi connectivity index (χ0) is 27.6. The molecule has 200 valence electrons. The van der Waals surface area contributed by atoms with Crippen molar-refractivity contribution in [2.24, 2.45) is 0 Å². The lowest BCUT2D eigenvalue weighted by molar-refractivity contribution is -0.118. The van der Waals surface area contributed by atoms with Crippen molar-refractivity contribution >= 4 is 11.6 Å². The second kappa shape index (κ2) is 13.7. The van der Waals surface area contributed by atoms with Gasteiger partial charge >= 0.3 is 0 Å². The Morgan fingerprint density at radius 1 is 0.275 bits per heavy atom. The number of benzene rings is 4. The second-order valence-corrected chi connectivity index (χ2v) is 10.8. The van der Waals surface area contributed by atoms with Crippen LogP contribution in [-0.2, 0) is 61.0 Å². The maximum Gasteiger partial charge on any atom is 0.141 e. The molecule has 7 aliphatic carbocycles. The molecule has 2 heteroatoms. The monoisotopic (exact) mass is 524 g/mol. The maximum absolute atomic E-state index is 12.7. The van der Waals surface area contributed by atoms with Crippen LogP contribution in [0.5, 0.6) is 0 Å². The lowest BCUT2D eigenvalue weighted by atomic mass is 9.99. The molecule has 7 aliphatic rings. The summed E-state index contributed by atoms with van der Waals surface area (Å²) < 4.78 is 0. The molecule has 0 N–H and O–H groups in total. The van der Waals surface area contributed by atoms with Gasteiger partial charge in [-0.1, -0.05) is 121 Å². The lowest BCUT2D eigenvalue weighted by Gasteiger charge is -2.06. The molecule has 0 saturated carbocycles. The smallest absolute Gasteiger partial charge is 0.141 e. The van der Waals surface area contributed by atoms with Crippen molar-refractivity contribution in [2.75, 3.05) is 0 Å². The van der Waals surface area contributed by atoms with Gasteiger partial charge in [-0.25, -0.2) is 0 Å². The molecule has 0 amide bonds. The summed E-state index contributed by atoms with van der Waals surface area (Å²) in [6.45, 7) is 0. The Bertz CT molecular complexity index is 1240. The predicted octanol–water partition coefficient (Wildman–Crippen LogP) is 7.39. The molecule has 4 aromatic carbocycles. The molecule has 2 nitrogen and oxygen atoms in total. The van der Waals surface area contributed by atoms with E-state index in [4.69, 9.17) is 0 Å². The number of carbonyl (C=O) groups is 2. The Balaban J connectivity index is 1.28. The number of Topliss-reactive ketones (excluding diaryl/α,β-unsaturated/α-hetero) is 2. The molecule has 0 fully saturated rings. The van der Waals surface area contributed by atoms with Gasteiger partial charge in [-0.2, -0.15) is 0 Å². The van der Waals surface area contributed by atoms with Crippen molar-refractivity contribution in [3.05, 3.63) is 166 Å². The van der Waals surface area contributed by atoms with Gasteiger partial charge in [0.25, 0.3) is 0 Å². The van der Waals surface area contributed by atoms with Crippen LogP contribution in [0.1, 0.15) is 44.5 Å². The van der Waals surface area contributed by atoms with Crippen LogP contribution in [0.3, 0.4) is 0 Å². The van der Waals surface area contributed by atoms with Gasteiger partial charge in [0.05, 0.1) is 0 Å². The van der Waals surface area contributed by atoms with Gasteiger partial charge in [-0.15, -0.1) is 0 Å². The van der Waals surface area contributed by atoms with Gasteiger partial charge in [0.1, 0.15) is 11.6 Å². The third kappa shape index (κ3) is 8.35. The van der Waals surface area contributed by atoms with E-state index in [0.717, 1.165) is 47.9 Å². The Morgan fingerprint density at radius 2 is 0.450 bits per heavy atom. The number of hydrogen-bond acceptors (Lipinski definition) is 2. The third-order valence-corrected chi connectivity index (χ3v) is 7.44. The lowest BCUT2D eigenvalue weighted by Crippen LogP contribution is -2.06. The van der Waals surface area contributed by atoms with E-state index in [2.05, 4.69) is 121 Å². The summed E-state index contributed by atoms with van der Waals surface area (Å²) >= 11 is 0. The average Bonchev–Trinajstić information content (AvgIpc) is 2.96. The molecule has 0 spiro atoms. The van der Waals surface area contributed by atoms with Gasteiger partial charge in [0.2, 0.25) is 0 Å². The average molecular weight is 525 g/mol. The van der Waals surface area contributed by atoms with Crippen LogP contribution in [0.2, 0.25) is 0 Å². The SMILES string of the molecule is O=C1Cc2ccc(cc2)C/C=C/Cc2ccc(cc2)CC(=O)Cc2ccc(cc2)C/C=C/Cc2ccc(cc2)C1. The van der Waals surface area contributed by atoms with Crippen molar-refractivity contribution in [3.8, 4) is 0 Å². The number of rotatable bonds is 0. The Morgan fingerprint density at radius 3 is 0.650 bits per heavy atom. The number of hydrogen-bond donors (Lipinski definition) is 0. The fraction of sp³-hybridized carbons (Fsp3) is 0.211. The first kappa shape index (κ1) is 27.3. The van der Waals surface area contributed by atoms with Crippen molar-refractivity contribution in [2.45, 2.75) is 51.4 Å². The van der Waals surface area contributed by atoms with Crippen LogP contribution in [0.4, 0.5) is 0 Å². The summed E-state index contributed by atoms with van der Waals surface area (Å²) in [5, 5.41) is 0. The molecule has 0 heterocycles. The molecule has 0 unspecified atom stereocenters. The van der Waals surface area contributed by atoms with Crippen molar-refractivity contribution < 1.29 is 9.59 Å². The van der Waals surface area contributed by atoms with Crippen LogP contribution in [0, 0.1) is 0 Å². The Kier molecular flexibility index (Phi) is 9.32. The Hall–Kier alpha value is -4.30. The van der Waals surface area contributed by atoms with E-state index in [9.17, 15) is 9.59 Å². The van der Waals surface area contributed by atoms with E-state index in [0.29, 0.717) is 25.7 Å². The van der Waals surface area contributed by atoms with Crippen LogP contribution in [-0.4, -0.2) is 11.6 Å². The summed E-state index contributed by atoms with van der Waals surface area (Å²) in [6, 6.07) is 33.5. The van der Waals surface area contributed by atoms with Crippen LogP contribution in [0.15, 0.2) is 121 Å². The highest BCUT2D eigenvalue weighted by molar-refractivity contribution is 5.83. The van der Waals surface area contributed by atoms with Gasteiger partial charge in [-0.3, -0.25) is 9.59 Å². The summed E-state index contributed by atoms with van der Waals surface area (Å²) in [6.07, 6.45) is 14.1. The highest BCUT2D eigenvalue weighted by Crippen LogP contribution is 2.14. The first-order chi connectivity index (χ1) is 19.6. The Labute approximate surface area is 238 Å². The van der Waals surface area contributed by atoms with Crippen LogP contribution >= 0.6 is 0 Å². The van der Waals surface area contributed by atoms with E-state index in [1.807, 2.05) is 0 Å². The molecule has 0 aromatic heterocycles. The van der Waals surface area contributed by atoms with E-state index >= 15 is 0 Å². The minimum atomic E-state index is 0.237. The molecule has 0 aliphatic heterocycles. The predicted molar refractivity (Wildman–Crippen MR) is 164 cm³/mol. The molecule has 0 saturated heterocycles. The molecule has 11 rings (SSSR count). The minimum Gasteiger partial charge on any atom is -0.299 e. The highest BCUT2D eigenvalue weighted by Gasteiger charge is 2.07. The molecule has 40 heavy (non-hydrogen) atoms. The maximum atomic E-state index is 12.7. The molecular weight excluding hydrogens is 488 g/mol. The second-order valence-electron chi connectivity index (χ2n) is 10.8.